The predicted molar refractivity (Wildman–Crippen MR) is 89.4 cm³/mol. The molecule has 2 unspecified atom stereocenters. The SMILES string of the molecule is COc1ccc2cc3c(cc2c1)C(=O)C1C=CC(C(F)(F)F)=CC1C3=O. The molecule has 26 heavy (non-hydrogen) atoms. The van der Waals surface area contributed by atoms with Gasteiger partial charge in [0.05, 0.1) is 24.5 Å². The maximum atomic E-state index is 13.0. The van der Waals surface area contributed by atoms with E-state index in [0.717, 1.165) is 22.9 Å². The molecule has 0 amide bonds. The van der Waals surface area contributed by atoms with Gasteiger partial charge in [-0.3, -0.25) is 9.59 Å². The highest BCUT2D eigenvalue weighted by Crippen LogP contribution is 2.40. The zero-order valence-electron chi connectivity index (χ0n) is 13.6. The summed E-state index contributed by atoms with van der Waals surface area (Å²) in [7, 11) is 1.52. The molecule has 2 aliphatic carbocycles. The van der Waals surface area contributed by atoms with Crippen molar-refractivity contribution in [3.63, 3.8) is 0 Å². The fourth-order valence-corrected chi connectivity index (χ4v) is 3.53. The zero-order valence-corrected chi connectivity index (χ0v) is 13.6. The number of hydrogen-bond acceptors (Lipinski definition) is 3. The van der Waals surface area contributed by atoms with Crippen molar-refractivity contribution in [2.75, 3.05) is 7.11 Å². The van der Waals surface area contributed by atoms with Crippen molar-refractivity contribution in [1.82, 2.24) is 0 Å². The minimum absolute atomic E-state index is 0.169. The average molecular weight is 358 g/mol. The van der Waals surface area contributed by atoms with Crippen molar-refractivity contribution < 1.29 is 27.5 Å². The molecule has 0 bridgehead atoms. The highest BCUT2D eigenvalue weighted by molar-refractivity contribution is 6.19. The van der Waals surface area contributed by atoms with Gasteiger partial charge >= 0.3 is 6.18 Å². The maximum absolute atomic E-state index is 13.0. The van der Waals surface area contributed by atoms with E-state index < -0.39 is 29.4 Å². The van der Waals surface area contributed by atoms with Crippen LogP contribution in [0.15, 0.2) is 54.1 Å². The number of alkyl halides is 3. The number of rotatable bonds is 1. The Hall–Kier alpha value is -2.89. The van der Waals surface area contributed by atoms with Gasteiger partial charge in [0.2, 0.25) is 0 Å². The molecule has 6 heteroatoms. The highest BCUT2D eigenvalue weighted by Gasteiger charge is 2.44. The van der Waals surface area contributed by atoms with Crippen LogP contribution in [0.5, 0.6) is 5.75 Å². The number of carbonyl (C=O) groups is 2. The van der Waals surface area contributed by atoms with E-state index in [-0.39, 0.29) is 16.9 Å². The quantitative estimate of drug-likeness (QED) is 0.753. The van der Waals surface area contributed by atoms with Gasteiger partial charge in [-0.2, -0.15) is 13.2 Å². The first-order valence-corrected chi connectivity index (χ1v) is 7.97. The predicted octanol–water partition coefficient (Wildman–Crippen LogP) is 4.52. The van der Waals surface area contributed by atoms with Crippen molar-refractivity contribution in [2.24, 2.45) is 11.8 Å². The summed E-state index contributed by atoms with van der Waals surface area (Å²) in [4.78, 5) is 25.6. The van der Waals surface area contributed by atoms with E-state index in [0.29, 0.717) is 5.75 Å². The summed E-state index contributed by atoms with van der Waals surface area (Å²) in [5.41, 5.74) is -0.485. The van der Waals surface area contributed by atoms with Gasteiger partial charge in [-0.15, -0.1) is 0 Å². The van der Waals surface area contributed by atoms with Crippen molar-refractivity contribution in [3.05, 3.63) is 65.3 Å². The van der Waals surface area contributed by atoms with Gasteiger partial charge in [0.1, 0.15) is 5.75 Å². The van der Waals surface area contributed by atoms with Crippen LogP contribution in [0.3, 0.4) is 0 Å². The van der Waals surface area contributed by atoms with E-state index in [1.165, 1.54) is 13.2 Å². The molecular formula is C20H13F3O3. The fourth-order valence-electron chi connectivity index (χ4n) is 3.53. The van der Waals surface area contributed by atoms with Gasteiger partial charge < -0.3 is 4.74 Å². The van der Waals surface area contributed by atoms with Crippen LogP contribution in [-0.2, 0) is 0 Å². The molecule has 2 aromatic carbocycles. The Morgan fingerprint density at radius 2 is 1.58 bits per heavy atom. The van der Waals surface area contributed by atoms with Crippen LogP contribution in [-0.4, -0.2) is 24.9 Å². The Bertz CT molecular complexity index is 1010. The highest BCUT2D eigenvalue weighted by atomic mass is 19.4. The Labute approximate surface area is 146 Å². The third-order valence-electron chi connectivity index (χ3n) is 4.88. The number of methoxy groups -OCH3 is 1. The van der Waals surface area contributed by atoms with Gasteiger partial charge in [-0.25, -0.2) is 0 Å². The van der Waals surface area contributed by atoms with Crippen molar-refractivity contribution >= 4 is 22.3 Å². The number of Topliss-reactive ketones (excluding diaryl/α,β-unsaturated/α-hetero) is 2. The maximum Gasteiger partial charge on any atom is 0.416 e. The number of carbonyl (C=O) groups excluding carboxylic acids is 2. The van der Waals surface area contributed by atoms with E-state index in [1.807, 2.05) is 0 Å². The van der Waals surface area contributed by atoms with E-state index in [2.05, 4.69) is 0 Å². The van der Waals surface area contributed by atoms with Crippen LogP contribution in [0.1, 0.15) is 20.7 Å². The smallest absolute Gasteiger partial charge is 0.416 e. The van der Waals surface area contributed by atoms with E-state index in [4.69, 9.17) is 4.74 Å². The van der Waals surface area contributed by atoms with Crippen LogP contribution >= 0.6 is 0 Å². The van der Waals surface area contributed by atoms with Crippen LogP contribution < -0.4 is 4.74 Å². The molecule has 132 valence electrons. The third-order valence-corrected chi connectivity index (χ3v) is 4.88. The molecule has 0 N–H and O–H groups in total. The summed E-state index contributed by atoms with van der Waals surface area (Å²) in [5, 5.41) is 1.45. The standard InChI is InChI=1S/C20H13F3O3/c1-26-13-4-2-10-7-15-16(8-11(10)6-13)18(24)14-5-3-12(20(21,22)23)9-17(14)19(15)25/h2-9,14,17H,1H3. The van der Waals surface area contributed by atoms with Crippen LogP contribution in [0.2, 0.25) is 0 Å². The van der Waals surface area contributed by atoms with Crippen LogP contribution in [0, 0.1) is 11.8 Å². The lowest BCUT2D eigenvalue weighted by molar-refractivity contribution is -0.0889. The van der Waals surface area contributed by atoms with Gasteiger partial charge in [-0.05, 0) is 35.0 Å². The van der Waals surface area contributed by atoms with Crippen LogP contribution in [0.25, 0.3) is 10.8 Å². The third kappa shape index (κ3) is 2.44. The van der Waals surface area contributed by atoms with Gasteiger partial charge in [0, 0.05) is 11.1 Å². The molecule has 0 fully saturated rings. The lowest BCUT2D eigenvalue weighted by Gasteiger charge is -2.30. The van der Waals surface area contributed by atoms with Crippen molar-refractivity contribution in [2.45, 2.75) is 6.18 Å². The molecule has 4 rings (SSSR count). The first kappa shape index (κ1) is 16.6. The lowest BCUT2D eigenvalue weighted by Crippen LogP contribution is -2.36. The molecule has 0 radical (unpaired) electrons. The van der Waals surface area contributed by atoms with E-state index in [1.54, 1.807) is 30.3 Å². The number of benzene rings is 2. The van der Waals surface area contributed by atoms with E-state index >= 15 is 0 Å². The van der Waals surface area contributed by atoms with Crippen molar-refractivity contribution in [3.8, 4) is 5.75 Å². The minimum Gasteiger partial charge on any atom is -0.497 e. The largest absolute Gasteiger partial charge is 0.497 e. The average Bonchev–Trinajstić information content (AvgIpc) is 2.63. The Balaban J connectivity index is 1.87. The monoisotopic (exact) mass is 358 g/mol. The number of hydrogen-bond donors (Lipinski definition) is 0. The molecule has 0 saturated heterocycles. The van der Waals surface area contributed by atoms with Crippen LogP contribution in [0.4, 0.5) is 13.2 Å². The first-order chi connectivity index (χ1) is 12.3. The van der Waals surface area contributed by atoms with E-state index in [9.17, 15) is 22.8 Å². The number of ether oxygens (including phenoxy) is 1. The number of ketones is 2. The minimum atomic E-state index is -4.55. The summed E-state index contributed by atoms with van der Waals surface area (Å²) in [5.74, 6) is -2.21. The summed E-state index contributed by atoms with van der Waals surface area (Å²) in [6.45, 7) is 0. The molecule has 0 heterocycles. The number of halogens is 3. The molecule has 0 aromatic heterocycles. The molecule has 0 saturated carbocycles. The molecule has 0 aliphatic heterocycles. The lowest BCUT2D eigenvalue weighted by atomic mass is 9.71. The molecule has 2 atom stereocenters. The second-order valence-electron chi connectivity index (χ2n) is 6.37. The Morgan fingerprint density at radius 3 is 2.23 bits per heavy atom. The summed E-state index contributed by atoms with van der Waals surface area (Å²) >= 11 is 0. The first-order valence-electron chi connectivity index (χ1n) is 7.97. The van der Waals surface area contributed by atoms with Gasteiger partial charge in [0.15, 0.2) is 11.6 Å². The number of fused-ring (bicyclic) bond motifs is 3. The second kappa shape index (κ2) is 5.56. The van der Waals surface area contributed by atoms with Crippen molar-refractivity contribution in [1.29, 1.82) is 0 Å². The van der Waals surface area contributed by atoms with Gasteiger partial charge in [0.25, 0.3) is 0 Å². The molecule has 3 nitrogen and oxygen atoms in total. The molecule has 2 aliphatic rings. The summed E-state index contributed by atoms with van der Waals surface area (Å²) in [6.07, 6.45) is -1.62. The summed E-state index contributed by atoms with van der Waals surface area (Å²) < 4.78 is 44.1. The Kier molecular flexibility index (Phi) is 3.54. The zero-order chi connectivity index (χ0) is 18.6. The Morgan fingerprint density at radius 1 is 0.923 bits per heavy atom. The normalized spacial score (nSPS) is 22.1. The fraction of sp³-hybridized carbons (Fsp3) is 0.200. The molecule has 2 aromatic rings. The summed E-state index contributed by atoms with van der Waals surface area (Å²) in [6, 6.07) is 8.39. The second-order valence-corrected chi connectivity index (χ2v) is 6.37. The molecule has 0 spiro atoms. The van der Waals surface area contributed by atoms with Gasteiger partial charge in [-0.1, -0.05) is 24.3 Å². The number of allylic oxidation sites excluding steroid dienone is 4. The molecular weight excluding hydrogens is 345 g/mol. The topological polar surface area (TPSA) is 43.4 Å².